The van der Waals surface area contributed by atoms with E-state index in [4.69, 9.17) is 10.1 Å². The lowest BCUT2D eigenvalue weighted by atomic mass is 9.92. The molecule has 174 valence electrons. The van der Waals surface area contributed by atoms with E-state index < -0.39 is 17.9 Å². The minimum Gasteiger partial charge on any atom is -0.423 e. The molecular weight excluding hydrogens is 435 g/mol. The Morgan fingerprint density at radius 2 is 2.03 bits per heavy atom. The van der Waals surface area contributed by atoms with Gasteiger partial charge in [0.25, 0.3) is 0 Å². The highest BCUT2D eigenvalue weighted by Gasteiger charge is 2.34. The fourth-order valence-electron chi connectivity index (χ4n) is 3.92. The highest BCUT2D eigenvalue weighted by Crippen LogP contribution is 2.42. The summed E-state index contributed by atoms with van der Waals surface area (Å²) in [7, 11) is 0. The Hall–Kier alpha value is -3.43. The predicted molar refractivity (Wildman–Crippen MR) is 117 cm³/mol. The number of benzene rings is 1. The molecule has 0 radical (unpaired) electrons. The number of amides is 1. The van der Waals surface area contributed by atoms with E-state index in [2.05, 4.69) is 15.3 Å². The number of aromatic nitrogens is 2. The van der Waals surface area contributed by atoms with Crippen molar-refractivity contribution in [2.24, 2.45) is 0 Å². The molecule has 1 aromatic heterocycles. The van der Waals surface area contributed by atoms with Crippen molar-refractivity contribution in [1.82, 2.24) is 15.3 Å². The van der Waals surface area contributed by atoms with Crippen LogP contribution in [0.5, 0.6) is 11.8 Å². The average Bonchev–Trinajstić information content (AvgIpc) is 3.59. The molecule has 2 N–H and O–H groups in total. The Kier molecular flexibility index (Phi) is 6.09. The number of carbonyl (C=O) groups excluding carboxylic acids is 1. The number of ether oxygens (including phenoxy) is 1. The molecule has 1 aromatic carbocycles. The van der Waals surface area contributed by atoms with Crippen LogP contribution in [-0.4, -0.2) is 34.2 Å². The molecule has 7 nitrogen and oxygen atoms in total. The van der Waals surface area contributed by atoms with Gasteiger partial charge < -0.3 is 20.4 Å². The maximum absolute atomic E-state index is 13.2. The zero-order chi connectivity index (χ0) is 23.8. The van der Waals surface area contributed by atoms with Gasteiger partial charge in [-0.15, -0.1) is 0 Å². The fraction of sp³-hybridized carbons (Fsp3) is 0.391. The fourth-order valence-corrected chi connectivity index (χ4v) is 3.92. The van der Waals surface area contributed by atoms with Crippen LogP contribution in [0.25, 0.3) is 5.57 Å². The lowest BCUT2D eigenvalue weighted by Gasteiger charge is -2.35. The molecule has 1 aliphatic carbocycles. The summed E-state index contributed by atoms with van der Waals surface area (Å²) in [6.07, 6.45) is 2.49. The van der Waals surface area contributed by atoms with Crippen LogP contribution in [0.1, 0.15) is 49.9 Å². The molecule has 1 atom stereocenters. The van der Waals surface area contributed by atoms with E-state index in [1.54, 1.807) is 23.2 Å². The topological polar surface area (TPSA) is 91.2 Å². The number of fused-ring (bicyclic) bond motifs is 1. The number of alkyl halides is 3. The van der Waals surface area contributed by atoms with E-state index >= 15 is 0 Å². The van der Waals surface area contributed by atoms with Gasteiger partial charge in [-0.3, -0.25) is 4.79 Å². The molecule has 33 heavy (non-hydrogen) atoms. The van der Waals surface area contributed by atoms with Crippen molar-refractivity contribution < 1.29 is 22.7 Å². The van der Waals surface area contributed by atoms with Crippen LogP contribution in [0.4, 0.5) is 18.9 Å². The molecule has 1 amide bonds. The third-order valence-corrected chi connectivity index (χ3v) is 5.72. The van der Waals surface area contributed by atoms with Gasteiger partial charge in [-0.1, -0.05) is 0 Å². The lowest BCUT2D eigenvalue weighted by Crippen LogP contribution is -2.40. The van der Waals surface area contributed by atoms with Crippen molar-refractivity contribution in [2.75, 3.05) is 4.90 Å². The molecule has 1 saturated carbocycles. The Bertz CT molecular complexity index is 1110. The van der Waals surface area contributed by atoms with Crippen molar-refractivity contribution in [3.05, 3.63) is 47.4 Å². The molecule has 0 saturated heterocycles. The number of allylic oxidation sites excluding steroid dienone is 1. The number of nitrogens with one attached hydrogen (secondary N) is 2. The number of anilines is 1. The lowest BCUT2D eigenvalue weighted by molar-refractivity contribution is -0.141. The van der Waals surface area contributed by atoms with Gasteiger partial charge in [-0.05, 0) is 50.8 Å². The maximum Gasteiger partial charge on any atom is 0.433 e. The molecule has 0 unspecified atom stereocenters. The highest BCUT2D eigenvalue weighted by molar-refractivity contribution is 6.10. The zero-order valence-corrected chi connectivity index (χ0v) is 18.2. The summed E-state index contributed by atoms with van der Waals surface area (Å²) >= 11 is 0. The van der Waals surface area contributed by atoms with E-state index in [0.29, 0.717) is 41.3 Å². The standard InChI is InChI=1S/C23H24F3N5O2/c1-13-3-6-18-19(31(13)14(2)32)8-7-17(15(11-27)12-29-16-4-5-16)21(18)33-22-28-10-9-20(30-22)23(24,25)26/h7-13,16,27,29H,3-6H2,1-2H3/b15-12+,27-11?/t13-/m0/s1. The predicted octanol–water partition coefficient (Wildman–Crippen LogP) is 4.72. The van der Waals surface area contributed by atoms with Crippen LogP contribution in [-0.2, 0) is 17.4 Å². The summed E-state index contributed by atoms with van der Waals surface area (Å²) in [4.78, 5) is 21.4. The minimum atomic E-state index is -4.64. The number of carbonyl (C=O) groups is 1. The largest absolute Gasteiger partial charge is 0.433 e. The van der Waals surface area contributed by atoms with Gasteiger partial charge in [0.15, 0.2) is 5.69 Å². The molecule has 0 bridgehead atoms. The summed E-state index contributed by atoms with van der Waals surface area (Å²) in [5.41, 5.74) is 1.19. The summed E-state index contributed by atoms with van der Waals surface area (Å²) in [5, 5.41) is 11.1. The SMILES string of the molecule is CC(=O)N1c2ccc(/C(C=N)=C/NC3CC3)c(Oc3nccc(C(F)(F)F)n3)c2CC[C@@H]1C. The van der Waals surface area contributed by atoms with Gasteiger partial charge in [-0.2, -0.15) is 18.2 Å². The summed E-state index contributed by atoms with van der Waals surface area (Å²) in [5.74, 6) is 0.105. The van der Waals surface area contributed by atoms with Gasteiger partial charge in [0.2, 0.25) is 5.91 Å². The molecule has 0 spiro atoms. The first-order chi connectivity index (χ1) is 15.7. The smallest absolute Gasteiger partial charge is 0.423 e. The summed E-state index contributed by atoms with van der Waals surface area (Å²) in [6, 6.07) is 4.13. The van der Waals surface area contributed by atoms with Crippen molar-refractivity contribution in [1.29, 1.82) is 5.41 Å². The Morgan fingerprint density at radius 3 is 2.67 bits per heavy atom. The molecule has 1 aliphatic heterocycles. The van der Waals surface area contributed by atoms with Crippen LogP contribution < -0.4 is 15.0 Å². The van der Waals surface area contributed by atoms with Gasteiger partial charge in [-0.25, -0.2) is 4.98 Å². The van der Waals surface area contributed by atoms with E-state index in [9.17, 15) is 18.0 Å². The van der Waals surface area contributed by atoms with Gasteiger partial charge >= 0.3 is 12.2 Å². The molecule has 2 heterocycles. The molecular formula is C23H24F3N5O2. The van der Waals surface area contributed by atoms with Crippen molar-refractivity contribution in [3.63, 3.8) is 0 Å². The monoisotopic (exact) mass is 459 g/mol. The van der Waals surface area contributed by atoms with Gasteiger partial charge in [0, 0.05) is 54.3 Å². The van der Waals surface area contributed by atoms with Crippen molar-refractivity contribution in [2.45, 2.75) is 57.8 Å². The van der Waals surface area contributed by atoms with Crippen LogP contribution >= 0.6 is 0 Å². The molecule has 1 fully saturated rings. The number of halogens is 3. The van der Waals surface area contributed by atoms with Crippen LogP contribution in [0.15, 0.2) is 30.6 Å². The number of hydrogen-bond donors (Lipinski definition) is 2. The Labute approximate surface area is 189 Å². The molecule has 2 aromatic rings. The zero-order valence-electron chi connectivity index (χ0n) is 18.2. The normalized spacial score (nSPS) is 18.5. The maximum atomic E-state index is 13.2. The van der Waals surface area contributed by atoms with Crippen molar-refractivity contribution in [3.8, 4) is 11.8 Å². The second kappa shape index (κ2) is 8.84. The molecule has 4 rings (SSSR count). The van der Waals surface area contributed by atoms with E-state index in [0.717, 1.165) is 31.3 Å². The molecule has 2 aliphatic rings. The number of nitrogens with zero attached hydrogens (tertiary/aromatic N) is 3. The van der Waals surface area contributed by atoms with Crippen LogP contribution in [0.2, 0.25) is 0 Å². The minimum absolute atomic E-state index is 0.0345. The first-order valence-electron chi connectivity index (χ1n) is 10.7. The number of rotatable bonds is 6. The average molecular weight is 459 g/mol. The van der Waals surface area contributed by atoms with Crippen molar-refractivity contribution >= 4 is 23.4 Å². The van der Waals surface area contributed by atoms with E-state index in [-0.39, 0.29) is 17.7 Å². The quantitative estimate of drug-likeness (QED) is 0.610. The van der Waals surface area contributed by atoms with E-state index in [1.165, 1.54) is 6.92 Å². The summed E-state index contributed by atoms with van der Waals surface area (Å²) < 4.78 is 45.4. The van der Waals surface area contributed by atoms with Gasteiger partial charge in [0.1, 0.15) is 5.75 Å². The second-order valence-corrected chi connectivity index (χ2v) is 8.23. The van der Waals surface area contributed by atoms with Crippen LogP contribution in [0.3, 0.4) is 0 Å². The third-order valence-electron chi connectivity index (χ3n) is 5.72. The first kappa shape index (κ1) is 22.8. The Balaban J connectivity index is 1.84. The highest BCUT2D eigenvalue weighted by atomic mass is 19.4. The van der Waals surface area contributed by atoms with Gasteiger partial charge in [0.05, 0.1) is 5.69 Å². The third kappa shape index (κ3) is 4.84. The summed E-state index contributed by atoms with van der Waals surface area (Å²) in [6.45, 7) is 3.41. The first-order valence-corrected chi connectivity index (χ1v) is 10.7. The Morgan fingerprint density at radius 1 is 1.27 bits per heavy atom. The van der Waals surface area contributed by atoms with E-state index in [1.807, 2.05) is 6.92 Å². The second-order valence-electron chi connectivity index (χ2n) is 8.23. The van der Waals surface area contributed by atoms with Crippen LogP contribution in [0, 0.1) is 5.41 Å². The number of hydrogen-bond acceptors (Lipinski definition) is 6. The molecule has 10 heteroatoms.